The van der Waals surface area contributed by atoms with Gasteiger partial charge in [-0.25, -0.2) is 0 Å². The second-order valence-corrected chi connectivity index (χ2v) is 7.40. The maximum Gasteiger partial charge on any atom is 0.324 e. The van der Waals surface area contributed by atoms with Crippen LogP contribution < -0.4 is 5.32 Å². The molecule has 0 saturated carbocycles. The first kappa shape index (κ1) is 20.2. The predicted molar refractivity (Wildman–Crippen MR) is 109 cm³/mol. The zero-order valence-corrected chi connectivity index (χ0v) is 16.8. The van der Waals surface area contributed by atoms with E-state index in [1.807, 2.05) is 55.5 Å². The molecular formula is C21H24Cl2N2O2. The minimum absolute atomic E-state index is 0.0256. The van der Waals surface area contributed by atoms with Gasteiger partial charge in [0.05, 0.1) is 6.61 Å². The third-order valence-electron chi connectivity index (χ3n) is 4.85. The van der Waals surface area contributed by atoms with Crippen LogP contribution in [0.1, 0.15) is 24.1 Å². The highest BCUT2D eigenvalue weighted by molar-refractivity contribution is 6.31. The van der Waals surface area contributed by atoms with Crippen LogP contribution in [0.15, 0.2) is 48.5 Å². The Morgan fingerprint density at radius 2 is 1.89 bits per heavy atom. The molecule has 0 spiro atoms. The number of hydrogen-bond acceptors (Lipinski definition) is 4. The maximum absolute atomic E-state index is 12.2. The molecule has 1 N–H and O–H groups in total. The Kier molecular flexibility index (Phi) is 7.13. The second-order valence-electron chi connectivity index (χ2n) is 6.59. The van der Waals surface area contributed by atoms with Crippen LogP contribution >= 0.6 is 23.2 Å². The van der Waals surface area contributed by atoms with Crippen molar-refractivity contribution >= 4 is 29.2 Å². The lowest BCUT2D eigenvalue weighted by Gasteiger charge is -2.38. The molecule has 0 radical (unpaired) electrons. The van der Waals surface area contributed by atoms with Gasteiger partial charge in [-0.3, -0.25) is 9.69 Å². The van der Waals surface area contributed by atoms with E-state index in [1.165, 1.54) is 0 Å². The number of hydrogen-bond donors (Lipinski definition) is 1. The number of halogens is 2. The molecule has 27 heavy (non-hydrogen) atoms. The van der Waals surface area contributed by atoms with E-state index in [0.717, 1.165) is 34.1 Å². The molecule has 3 rings (SSSR count). The van der Waals surface area contributed by atoms with E-state index >= 15 is 0 Å². The van der Waals surface area contributed by atoms with Crippen molar-refractivity contribution in [1.82, 2.24) is 10.2 Å². The quantitative estimate of drug-likeness (QED) is 0.732. The molecule has 2 aromatic rings. The van der Waals surface area contributed by atoms with Gasteiger partial charge in [0.2, 0.25) is 0 Å². The average Bonchev–Trinajstić information content (AvgIpc) is 2.68. The molecule has 6 heteroatoms. The zero-order valence-electron chi connectivity index (χ0n) is 15.3. The van der Waals surface area contributed by atoms with Gasteiger partial charge < -0.3 is 10.1 Å². The lowest BCUT2D eigenvalue weighted by atomic mass is 9.96. The molecule has 0 amide bonds. The lowest BCUT2D eigenvalue weighted by molar-refractivity contribution is -0.147. The van der Waals surface area contributed by atoms with E-state index in [4.69, 9.17) is 27.9 Å². The van der Waals surface area contributed by atoms with Crippen LogP contribution in [0, 0.1) is 0 Å². The number of ether oxygens (including phenoxy) is 1. The van der Waals surface area contributed by atoms with Crippen LogP contribution in [0.4, 0.5) is 0 Å². The Morgan fingerprint density at radius 3 is 2.59 bits per heavy atom. The summed E-state index contributed by atoms with van der Waals surface area (Å²) in [5.74, 6) is -0.210. The van der Waals surface area contributed by atoms with Gasteiger partial charge in [-0.05, 0) is 36.6 Å². The van der Waals surface area contributed by atoms with E-state index in [1.54, 1.807) is 0 Å². The molecule has 2 aromatic carbocycles. The fraction of sp³-hybridized carbons (Fsp3) is 0.381. The summed E-state index contributed by atoms with van der Waals surface area (Å²) >= 11 is 12.9. The fourth-order valence-electron chi connectivity index (χ4n) is 3.51. The Labute approximate surface area is 170 Å². The predicted octanol–water partition coefficient (Wildman–Crippen LogP) is 4.11. The minimum Gasteiger partial charge on any atom is -0.465 e. The largest absolute Gasteiger partial charge is 0.465 e. The highest BCUT2D eigenvalue weighted by Gasteiger charge is 2.32. The molecule has 0 bridgehead atoms. The third-order valence-corrected chi connectivity index (χ3v) is 5.57. The van der Waals surface area contributed by atoms with Crippen molar-refractivity contribution in [1.29, 1.82) is 0 Å². The summed E-state index contributed by atoms with van der Waals surface area (Å²) in [5.41, 5.74) is 2.11. The molecule has 1 fully saturated rings. The van der Waals surface area contributed by atoms with E-state index in [0.29, 0.717) is 19.7 Å². The average molecular weight is 407 g/mol. The van der Waals surface area contributed by atoms with Crippen molar-refractivity contribution < 1.29 is 9.53 Å². The zero-order chi connectivity index (χ0) is 19.2. The summed E-state index contributed by atoms with van der Waals surface area (Å²) in [5, 5.41) is 4.72. The van der Waals surface area contributed by atoms with E-state index < -0.39 is 0 Å². The van der Waals surface area contributed by atoms with E-state index in [-0.39, 0.29) is 18.1 Å². The van der Waals surface area contributed by atoms with Gasteiger partial charge in [0.25, 0.3) is 0 Å². The molecule has 1 aliphatic heterocycles. The first-order valence-electron chi connectivity index (χ1n) is 9.22. The maximum atomic E-state index is 12.2. The van der Waals surface area contributed by atoms with E-state index in [2.05, 4.69) is 10.2 Å². The van der Waals surface area contributed by atoms with Crippen molar-refractivity contribution in [2.75, 3.05) is 26.2 Å². The third kappa shape index (κ3) is 5.02. The van der Waals surface area contributed by atoms with Gasteiger partial charge in [0.15, 0.2) is 0 Å². The highest BCUT2D eigenvalue weighted by atomic mass is 35.5. The molecule has 144 valence electrons. The summed E-state index contributed by atoms with van der Waals surface area (Å²) < 4.78 is 5.20. The smallest absolute Gasteiger partial charge is 0.324 e. The SMILES string of the molecule is CCOC(=O)C1CN(C(Cc2ccccc2Cl)c2ccccc2Cl)CCN1. The molecule has 1 aliphatic rings. The summed E-state index contributed by atoms with van der Waals surface area (Å²) in [6.45, 7) is 4.30. The molecule has 0 aromatic heterocycles. The van der Waals surface area contributed by atoms with Crippen LogP contribution in [-0.2, 0) is 16.0 Å². The van der Waals surface area contributed by atoms with Crippen molar-refractivity contribution in [2.24, 2.45) is 0 Å². The van der Waals surface area contributed by atoms with Crippen LogP contribution in [0.2, 0.25) is 10.0 Å². The molecule has 1 heterocycles. The molecule has 4 nitrogen and oxygen atoms in total. The molecule has 2 atom stereocenters. The van der Waals surface area contributed by atoms with Gasteiger partial charge >= 0.3 is 5.97 Å². The Hall–Kier alpha value is -1.59. The van der Waals surface area contributed by atoms with Gasteiger partial charge in [-0.1, -0.05) is 59.6 Å². The Balaban J connectivity index is 1.89. The first-order chi connectivity index (χ1) is 13.1. The van der Waals surface area contributed by atoms with Crippen molar-refractivity contribution in [2.45, 2.75) is 25.4 Å². The Bertz CT molecular complexity index is 784. The molecule has 2 unspecified atom stereocenters. The van der Waals surface area contributed by atoms with Gasteiger partial charge in [0.1, 0.15) is 6.04 Å². The number of esters is 1. The fourth-order valence-corrected chi connectivity index (χ4v) is 3.98. The van der Waals surface area contributed by atoms with Crippen molar-refractivity contribution in [3.05, 3.63) is 69.7 Å². The van der Waals surface area contributed by atoms with Crippen LogP contribution in [0.5, 0.6) is 0 Å². The number of carbonyl (C=O) groups is 1. The Morgan fingerprint density at radius 1 is 1.19 bits per heavy atom. The summed E-state index contributed by atoms with van der Waals surface area (Å²) in [7, 11) is 0. The normalized spacial score (nSPS) is 18.9. The number of nitrogens with zero attached hydrogens (tertiary/aromatic N) is 1. The molecule has 0 aliphatic carbocycles. The van der Waals surface area contributed by atoms with Gasteiger partial charge in [-0.15, -0.1) is 0 Å². The van der Waals surface area contributed by atoms with Gasteiger partial charge in [-0.2, -0.15) is 0 Å². The monoisotopic (exact) mass is 406 g/mol. The van der Waals surface area contributed by atoms with E-state index in [9.17, 15) is 4.79 Å². The number of rotatable bonds is 6. The minimum atomic E-state index is -0.338. The number of piperazine rings is 1. The number of nitrogens with one attached hydrogen (secondary N) is 1. The number of carbonyl (C=O) groups excluding carboxylic acids is 1. The molecule has 1 saturated heterocycles. The van der Waals surface area contributed by atoms with Crippen molar-refractivity contribution in [3.63, 3.8) is 0 Å². The van der Waals surface area contributed by atoms with Gasteiger partial charge in [0, 0.05) is 35.7 Å². The summed E-state index contributed by atoms with van der Waals surface area (Å²) in [6, 6.07) is 15.4. The topological polar surface area (TPSA) is 41.6 Å². The summed E-state index contributed by atoms with van der Waals surface area (Å²) in [4.78, 5) is 14.5. The second kappa shape index (κ2) is 9.56. The van der Waals surface area contributed by atoms with Crippen LogP contribution in [0.3, 0.4) is 0 Å². The van der Waals surface area contributed by atoms with Crippen molar-refractivity contribution in [3.8, 4) is 0 Å². The molecular weight excluding hydrogens is 383 g/mol. The lowest BCUT2D eigenvalue weighted by Crippen LogP contribution is -2.55. The van der Waals surface area contributed by atoms with Crippen LogP contribution in [0.25, 0.3) is 0 Å². The number of benzene rings is 2. The van der Waals surface area contributed by atoms with Crippen LogP contribution in [-0.4, -0.2) is 43.2 Å². The summed E-state index contributed by atoms with van der Waals surface area (Å²) in [6.07, 6.45) is 0.721. The highest BCUT2D eigenvalue weighted by Crippen LogP contribution is 2.33. The standard InChI is InChI=1S/C21H24Cl2N2O2/c1-2-27-21(26)19-14-25(12-11-24-19)20(16-8-4-6-10-18(16)23)13-15-7-3-5-9-17(15)22/h3-10,19-20,24H,2,11-14H2,1H3. The first-order valence-corrected chi connectivity index (χ1v) is 9.97.